The lowest BCUT2D eigenvalue weighted by molar-refractivity contribution is -0.115. The minimum Gasteiger partial charge on any atom is -0.497 e. The number of hydrogen-bond donors (Lipinski definition) is 3. The number of aliphatic hydroxyl groups excluding tert-OH is 1. The van der Waals surface area contributed by atoms with E-state index in [9.17, 15) is 19.5 Å². The van der Waals surface area contributed by atoms with Gasteiger partial charge in [0.2, 0.25) is 5.91 Å². The summed E-state index contributed by atoms with van der Waals surface area (Å²) < 4.78 is 17.9. The van der Waals surface area contributed by atoms with E-state index in [1.165, 1.54) is 0 Å². The van der Waals surface area contributed by atoms with Crippen molar-refractivity contribution in [2.24, 2.45) is 5.92 Å². The monoisotopic (exact) mass is 674 g/mol. The summed E-state index contributed by atoms with van der Waals surface area (Å²) in [6.45, 7) is 6.50. The first kappa shape index (κ1) is 37.2. The summed E-state index contributed by atoms with van der Waals surface area (Å²) in [5.74, 6) is 0.353. The number of fused-ring (bicyclic) bond motifs is 1. The quantitative estimate of drug-likeness (QED) is 0.260. The Morgan fingerprint density at radius 1 is 1.02 bits per heavy atom. The van der Waals surface area contributed by atoms with Crippen LogP contribution in [0.1, 0.15) is 56.0 Å². The Labute approximate surface area is 289 Å². The van der Waals surface area contributed by atoms with E-state index in [-0.39, 0.29) is 56.0 Å². The Kier molecular flexibility index (Phi) is 13.8. The van der Waals surface area contributed by atoms with Gasteiger partial charge in [-0.1, -0.05) is 37.3 Å². The molecule has 0 fully saturated rings. The van der Waals surface area contributed by atoms with Gasteiger partial charge >= 0.3 is 6.03 Å². The summed E-state index contributed by atoms with van der Waals surface area (Å²) in [6, 6.07) is 20.8. The molecule has 0 saturated heterocycles. The van der Waals surface area contributed by atoms with Gasteiger partial charge in [0.05, 0.1) is 44.0 Å². The van der Waals surface area contributed by atoms with Gasteiger partial charge < -0.3 is 39.8 Å². The Balaban J connectivity index is 1.56. The molecule has 4 atom stereocenters. The number of rotatable bonds is 9. The summed E-state index contributed by atoms with van der Waals surface area (Å²) in [4.78, 5) is 43.6. The summed E-state index contributed by atoms with van der Waals surface area (Å²) in [5.41, 5.74) is 2.28. The summed E-state index contributed by atoms with van der Waals surface area (Å²) in [7, 11) is 3.30. The second-order valence-electron chi connectivity index (χ2n) is 12.8. The molecule has 1 aliphatic rings. The molecule has 4 amide bonds. The maximum atomic E-state index is 14.4. The van der Waals surface area contributed by atoms with E-state index in [2.05, 4.69) is 10.6 Å². The molecule has 4 rings (SSSR count). The Hall–Kier alpha value is -4.61. The highest BCUT2D eigenvalue weighted by molar-refractivity contribution is 6.00. The zero-order valence-corrected chi connectivity index (χ0v) is 29.2. The van der Waals surface area contributed by atoms with Gasteiger partial charge in [-0.3, -0.25) is 9.59 Å². The summed E-state index contributed by atoms with van der Waals surface area (Å²) in [5, 5.41) is 16.1. The molecule has 11 nitrogen and oxygen atoms in total. The van der Waals surface area contributed by atoms with E-state index >= 15 is 0 Å². The maximum absolute atomic E-state index is 14.4. The standard InChI is InChI=1S/C38H50N4O7/c1-26-23-42(27(2)25-43)37(45)33-22-31(39-36(44)21-29-12-7-6-8-13-29)16-19-34(33)49-28(3)11-9-10-20-48-35(26)24-41(4)38(46)40-30-14-17-32(47-5)18-15-30/h6-8,12-19,22,26-28,35,43H,9-11,20-21,23-25H2,1-5H3,(H,39,44)(H,40,46)/t26-,27-,28-,35+/m1/s1. The summed E-state index contributed by atoms with van der Waals surface area (Å²) in [6.07, 6.45) is 2.01. The van der Waals surface area contributed by atoms with Crippen molar-refractivity contribution < 1.29 is 33.7 Å². The van der Waals surface area contributed by atoms with E-state index < -0.39 is 12.1 Å². The van der Waals surface area contributed by atoms with Crippen molar-refractivity contribution in [2.75, 3.05) is 51.1 Å². The van der Waals surface area contributed by atoms with Gasteiger partial charge in [-0.05, 0) is 81.1 Å². The Bertz CT molecular complexity index is 1520. The van der Waals surface area contributed by atoms with Crippen LogP contribution in [0.4, 0.5) is 16.2 Å². The van der Waals surface area contributed by atoms with Gasteiger partial charge in [-0.25, -0.2) is 4.79 Å². The molecule has 49 heavy (non-hydrogen) atoms. The van der Waals surface area contributed by atoms with Gasteiger partial charge in [-0.2, -0.15) is 0 Å². The molecule has 0 radical (unpaired) electrons. The molecule has 0 spiro atoms. The lowest BCUT2D eigenvalue weighted by Crippen LogP contribution is -2.48. The second kappa shape index (κ2) is 18.2. The maximum Gasteiger partial charge on any atom is 0.321 e. The van der Waals surface area contributed by atoms with Crippen molar-refractivity contribution in [1.82, 2.24) is 9.80 Å². The van der Waals surface area contributed by atoms with Crippen LogP contribution in [0.2, 0.25) is 0 Å². The fourth-order valence-corrected chi connectivity index (χ4v) is 5.70. The van der Waals surface area contributed by atoms with E-state index in [1.54, 1.807) is 73.3 Å². The zero-order valence-electron chi connectivity index (χ0n) is 29.2. The number of carbonyl (C=O) groups excluding carboxylic acids is 3. The number of urea groups is 1. The van der Waals surface area contributed by atoms with Gasteiger partial charge in [0.1, 0.15) is 11.5 Å². The highest BCUT2D eigenvalue weighted by atomic mass is 16.5. The number of aliphatic hydroxyl groups is 1. The molecular weight excluding hydrogens is 624 g/mol. The van der Waals surface area contributed by atoms with Crippen molar-refractivity contribution in [3.05, 3.63) is 83.9 Å². The third-order valence-corrected chi connectivity index (χ3v) is 8.68. The molecule has 11 heteroatoms. The molecule has 3 N–H and O–H groups in total. The molecule has 0 unspecified atom stereocenters. The van der Waals surface area contributed by atoms with Crippen molar-refractivity contribution in [3.63, 3.8) is 0 Å². The molecule has 0 aromatic heterocycles. The number of benzene rings is 3. The molecule has 0 aliphatic carbocycles. The largest absolute Gasteiger partial charge is 0.497 e. The average molecular weight is 675 g/mol. The van der Waals surface area contributed by atoms with Crippen LogP contribution in [-0.2, 0) is 16.0 Å². The van der Waals surface area contributed by atoms with Gasteiger partial charge in [0, 0.05) is 44.0 Å². The molecule has 264 valence electrons. The Morgan fingerprint density at radius 2 is 1.73 bits per heavy atom. The highest BCUT2D eigenvalue weighted by Gasteiger charge is 2.31. The number of hydrogen-bond acceptors (Lipinski definition) is 7. The number of carbonyl (C=O) groups is 3. The lowest BCUT2D eigenvalue weighted by atomic mass is 10.0. The van der Waals surface area contributed by atoms with Crippen molar-refractivity contribution in [2.45, 2.75) is 64.7 Å². The predicted molar refractivity (Wildman–Crippen MR) is 190 cm³/mol. The topological polar surface area (TPSA) is 130 Å². The molecule has 1 aliphatic heterocycles. The van der Waals surface area contributed by atoms with Crippen LogP contribution in [-0.4, -0.2) is 91.5 Å². The van der Waals surface area contributed by atoms with Crippen LogP contribution < -0.4 is 20.1 Å². The number of likely N-dealkylation sites (N-methyl/N-ethyl adjacent to an activating group) is 1. The number of ether oxygens (including phenoxy) is 3. The first-order valence-corrected chi connectivity index (χ1v) is 16.9. The van der Waals surface area contributed by atoms with Crippen LogP contribution >= 0.6 is 0 Å². The minimum absolute atomic E-state index is 0.181. The predicted octanol–water partition coefficient (Wildman–Crippen LogP) is 5.84. The van der Waals surface area contributed by atoms with Crippen LogP contribution in [0.5, 0.6) is 11.5 Å². The van der Waals surface area contributed by atoms with E-state index in [4.69, 9.17) is 14.2 Å². The number of nitrogens with one attached hydrogen (secondary N) is 2. The van der Waals surface area contributed by atoms with Crippen LogP contribution in [0.25, 0.3) is 0 Å². The highest BCUT2D eigenvalue weighted by Crippen LogP contribution is 2.29. The number of methoxy groups -OCH3 is 1. The molecule has 3 aromatic rings. The zero-order chi connectivity index (χ0) is 35.3. The minimum atomic E-state index is -0.527. The fourth-order valence-electron chi connectivity index (χ4n) is 5.70. The van der Waals surface area contributed by atoms with Gasteiger partial charge in [0.25, 0.3) is 5.91 Å². The molecule has 3 aromatic carbocycles. The third kappa shape index (κ3) is 11.0. The van der Waals surface area contributed by atoms with Crippen molar-refractivity contribution in [1.29, 1.82) is 0 Å². The van der Waals surface area contributed by atoms with Gasteiger partial charge in [-0.15, -0.1) is 0 Å². The third-order valence-electron chi connectivity index (χ3n) is 8.68. The second-order valence-corrected chi connectivity index (χ2v) is 12.8. The average Bonchev–Trinajstić information content (AvgIpc) is 3.10. The van der Waals surface area contributed by atoms with E-state index in [1.807, 2.05) is 44.2 Å². The van der Waals surface area contributed by atoms with E-state index in [0.29, 0.717) is 35.0 Å². The van der Waals surface area contributed by atoms with Gasteiger partial charge in [0.15, 0.2) is 0 Å². The Morgan fingerprint density at radius 3 is 2.43 bits per heavy atom. The van der Waals surface area contributed by atoms with Crippen molar-refractivity contribution in [3.8, 4) is 11.5 Å². The SMILES string of the molecule is COc1ccc(NC(=O)N(C)C[C@@H]2OCCCC[C@@H](C)Oc3ccc(NC(=O)Cc4ccccc4)cc3C(=O)N([C@H](C)CO)C[C@H]2C)cc1. The number of amides is 4. The fraction of sp³-hybridized carbons (Fsp3) is 0.447. The van der Waals surface area contributed by atoms with Crippen molar-refractivity contribution >= 4 is 29.2 Å². The van der Waals surface area contributed by atoms with E-state index in [0.717, 1.165) is 24.8 Å². The normalized spacial score (nSPS) is 19.4. The first-order valence-electron chi connectivity index (χ1n) is 16.9. The first-order chi connectivity index (χ1) is 23.6. The van der Waals surface area contributed by atoms with Crippen LogP contribution in [0.3, 0.4) is 0 Å². The molecule has 0 bridgehead atoms. The lowest BCUT2D eigenvalue weighted by Gasteiger charge is -2.35. The molecule has 1 heterocycles. The molecule has 0 saturated carbocycles. The number of nitrogens with zero attached hydrogens (tertiary/aromatic N) is 2. The van der Waals surface area contributed by atoms with Crippen LogP contribution in [0.15, 0.2) is 72.8 Å². The smallest absolute Gasteiger partial charge is 0.321 e. The van der Waals surface area contributed by atoms with Crippen LogP contribution in [0, 0.1) is 5.92 Å². The number of anilines is 2. The molecular formula is C38H50N4O7. The summed E-state index contributed by atoms with van der Waals surface area (Å²) >= 11 is 0.